The average Bonchev–Trinajstić information content (AvgIpc) is 3.01. The molecule has 2 rings (SSSR count). The zero-order valence-corrected chi connectivity index (χ0v) is 12.8. The van der Waals surface area contributed by atoms with E-state index in [1.807, 2.05) is 0 Å². The van der Waals surface area contributed by atoms with Gasteiger partial charge < -0.3 is 14.5 Å². The highest BCUT2D eigenvalue weighted by Crippen LogP contribution is 2.38. The van der Waals surface area contributed by atoms with Crippen LogP contribution in [0.25, 0.3) is 0 Å². The molecule has 2 heterocycles. The lowest BCUT2D eigenvalue weighted by molar-refractivity contribution is -0.188. The highest BCUT2D eigenvalue weighted by Gasteiger charge is 2.53. The van der Waals surface area contributed by atoms with E-state index in [1.54, 1.807) is 6.92 Å². The Kier molecular flexibility index (Phi) is 4.88. The summed E-state index contributed by atoms with van der Waals surface area (Å²) < 4.78 is 43.4. The predicted octanol–water partition coefficient (Wildman–Crippen LogP) is 2.29. The highest BCUT2D eigenvalue weighted by molar-refractivity contribution is 6.29. The van der Waals surface area contributed by atoms with Gasteiger partial charge in [-0.3, -0.25) is 9.59 Å². The second kappa shape index (κ2) is 6.38. The number of carboxylic acids is 1. The van der Waals surface area contributed by atoms with E-state index >= 15 is 0 Å². The molecule has 1 aromatic heterocycles. The molecule has 1 fully saturated rings. The van der Waals surface area contributed by atoms with Crippen molar-refractivity contribution in [3.63, 3.8) is 0 Å². The van der Waals surface area contributed by atoms with E-state index in [0.29, 0.717) is 11.3 Å². The molecule has 10 heteroatoms. The Balaban J connectivity index is 2.02. The summed E-state index contributed by atoms with van der Waals surface area (Å²) >= 11 is 5.76. The molecule has 1 aliphatic heterocycles. The standard InChI is InChI=1S/C13H14ClF3N2O4/c1-6-7(11(14)23-18-6)2-3-10(20)19-4-8(12(21)22)9(5-19)13(15,16)17/h8-9H,2-5H2,1H3,(H,21,22)/t8-,9-/m1/s1. The van der Waals surface area contributed by atoms with Gasteiger partial charge in [0.1, 0.15) is 0 Å². The van der Waals surface area contributed by atoms with Crippen LogP contribution >= 0.6 is 11.6 Å². The Morgan fingerprint density at radius 3 is 2.52 bits per heavy atom. The minimum Gasteiger partial charge on any atom is -0.481 e. The number of aromatic nitrogens is 1. The number of carbonyl (C=O) groups is 2. The van der Waals surface area contributed by atoms with Crippen LogP contribution in [0.5, 0.6) is 0 Å². The van der Waals surface area contributed by atoms with Gasteiger partial charge in [-0.05, 0) is 24.9 Å². The van der Waals surface area contributed by atoms with Gasteiger partial charge >= 0.3 is 12.1 Å². The Labute approximate surface area is 134 Å². The van der Waals surface area contributed by atoms with Crippen molar-refractivity contribution in [2.24, 2.45) is 11.8 Å². The van der Waals surface area contributed by atoms with Gasteiger partial charge in [0, 0.05) is 25.1 Å². The van der Waals surface area contributed by atoms with Crippen molar-refractivity contribution >= 4 is 23.5 Å². The summed E-state index contributed by atoms with van der Waals surface area (Å²) in [5.41, 5.74) is 1.02. The van der Waals surface area contributed by atoms with E-state index in [2.05, 4.69) is 5.16 Å². The molecule has 1 N–H and O–H groups in total. The number of rotatable bonds is 4. The van der Waals surface area contributed by atoms with Gasteiger partial charge in [0.25, 0.3) is 0 Å². The third kappa shape index (κ3) is 3.77. The summed E-state index contributed by atoms with van der Waals surface area (Å²) in [6, 6.07) is 0. The fourth-order valence-electron chi connectivity index (χ4n) is 2.62. The van der Waals surface area contributed by atoms with E-state index in [4.69, 9.17) is 21.2 Å². The van der Waals surface area contributed by atoms with Crippen molar-refractivity contribution < 1.29 is 32.4 Å². The number of alkyl halides is 3. The molecule has 0 unspecified atom stereocenters. The molecule has 0 aromatic carbocycles. The minimum atomic E-state index is -4.66. The van der Waals surface area contributed by atoms with Crippen molar-refractivity contribution in [2.45, 2.75) is 25.9 Å². The molecule has 1 amide bonds. The van der Waals surface area contributed by atoms with Crippen molar-refractivity contribution in [1.29, 1.82) is 0 Å². The third-order valence-electron chi connectivity index (χ3n) is 3.94. The molecule has 0 aliphatic carbocycles. The second-order valence-corrected chi connectivity index (χ2v) is 5.76. The van der Waals surface area contributed by atoms with Gasteiger partial charge in [-0.2, -0.15) is 13.2 Å². The summed E-state index contributed by atoms with van der Waals surface area (Å²) in [5.74, 6) is -5.80. The molecule has 0 saturated carbocycles. The molecular weight excluding hydrogens is 341 g/mol. The van der Waals surface area contributed by atoms with Gasteiger partial charge in [0.2, 0.25) is 11.1 Å². The lowest BCUT2D eigenvalue weighted by Gasteiger charge is -2.18. The number of nitrogens with zero attached hydrogens (tertiary/aromatic N) is 2. The molecular formula is C13H14ClF3N2O4. The van der Waals surface area contributed by atoms with Crippen LogP contribution < -0.4 is 0 Å². The maximum absolute atomic E-state index is 12.9. The number of carboxylic acid groups (broad SMARTS) is 1. The number of carbonyl (C=O) groups excluding carboxylic acids is 1. The zero-order valence-electron chi connectivity index (χ0n) is 12.1. The van der Waals surface area contributed by atoms with Crippen LogP contribution in [0.3, 0.4) is 0 Å². The Bertz CT molecular complexity index is 597. The van der Waals surface area contributed by atoms with Crippen LogP contribution in [0.15, 0.2) is 4.52 Å². The van der Waals surface area contributed by atoms with E-state index in [1.165, 1.54) is 0 Å². The SMILES string of the molecule is Cc1noc(Cl)c1CCC(=O)N1C[C@@H](C(F)(F)F)[C@H](C(=O)O)C1. The average molecular weight is 355 g/mol. The number of halogens is 4. The topological polar surface area (TPSA) is 83.6 Å². The van der Waals surface area contributed by atoms with E-state index < -0.39 is 43.0 Å². The highest BCUT2D eigenvalue weighted by atomic mass is 35.5. The third-order valence-corrected chi connectivity index (χ3v) is 4.23. The molecule has 0 radical (unpaired) electrons. The normalized spacial score (nSPS) is 21.7. The number of hydrogen-bond donors (Lipinski definition) is 1. The summed E-state index contributed by atoms with van der Waals surface area (Å²) in [6.45, 7) is 0.537. The lowest BCUT2D eigenvalue weighted by atomic mass is 9.96. The predicted molar refractivity (Wildman–Crippen MR) is 71.8 cm³/mol. The van der Waals surface area contributed by atoms with Crippen molar-refractivity contribution in [1.82, 2.24) is 10.1 Å². The fraction of sp³-hybridized carbons (Fsp3) is 0.615. The number of amides is 1. The van der Waals surface area contributed by atoms with Gasteiger partial charge in [0.15, 0.2) is 0 Å². The first-order chi connectivity index (χ1) is 10.6. The first-order valence-corrected chi connectivity index (χ1v) is 7.17. The monoisotopic (exact) mass is 354 g/mol. The smallest absolute Gasteiger partial charge is 0.394 e. The molecule has 1 saturated heterocycles. The zero-order chi connectivity index (χ0) is 17.4. The quantitative estimate of drug-likeness (QED) is 0.897. The summed E-state index contributed by atoms with van der Waals surface area (Å²) in [6.07, 6.45) is -4.59. The molecule has 2 atom stereocenters. The minimum absolute atomic E-state index is 0.0355. The maximum Gasteiger partial charge on any atom is 0.394 e. The van der Waals surface area contributed by atoms with Crippen molar-refractivity contribution in [3.8, 4) is 0 Å². The van der Waals surface area contributed by atoms with E-state index in [0.717, 1.165) is 4.90 Å². The van der Waals surface area contributed by atoms with Crippen LogP contribution in [0.4, 0.5) is 13.2 Å². The molecule has 6 nitrogen and oxygen atoms in total. The van der Waals surface area contributed by atoms with Crippen molar-refractivity contribution in [2.75, 3.05) is 13.1 Å². The van der Waals surface area contributed by atoms with Crippen LogP contribution in [0, 0.1) is 18.8 Å². The van der Waals surface area contributed by atoms with Crippen LogP contribution in [-0.2, 0) is 16.0 Å². The number of aliphatic carboxylic acids is 1. The van der Waals surface area contributed by atoms with Crippen molar-refractivity contribution in [3.05, 3.63) is 16.5 Å². The molecule has 1 aliphatic rings. The van der Waals surface area contributed by atoms with Crippen LogP contribution in [0.2, 0.25) is 5.22 Å². The number of hydrogen-bond acceptors (Lipinski definition) is 4. The Hall–Kier alpha value is -1.77. The number of likely N-dealkylation sites (tertiary alicyclic amines) is 1. The molecule has 1 aromatic rings. The largest absolute Gasteiger partial charge is 0.481 e. The summed E-state index contributed by atoms with van der Waals surface area (Å²) in [5, 5.41) is 12.6. The van der Waals surface area contributed by atoms with Gasteiger partial charge in [-0.25, -0.2) is 0 Å². The lowest BCUT2D eigenvalue weighted by Crippen LogP contribution is -2.34. The second-order valence-electron chi connectivity index (χ2n) is 5.41. The maximum atomic E-state index is 12.9. The summed E-state index contributed by atoms with van der Waals surface area (Å²) in [4.78, 5) is 24.0. The van der Waals surface area contributed by atoms with Crippen LogP contribution in [0.1, 0.15) is 17.7 Å². The van der Waals surface area contributed by atoms with E-state index in [9.17, 15) is 22.8 Å². The van der Waals surface area contributed by atoms with Gasteiger partial charge in [-0.15, -0.1) is 0 Å². The molecule has 0 spiro atoms. The first kappa shape index (κ1) is 17.6. The fourth-order valence-corrected chi connectivity index (χ4v) is 2.89. The molecule has 128 valence electrons. The first-order valence-electron chi connectivity index (χ1n) is 6.79. The van der Waals surface area contributed by atoms with Gasteiger partial charge in [-0.1, -0.05) is 5.16 Å². The van der Waals surface area contributed by atoms with Gasteiger partial charge in [0.05, 0.1) is 17.5 Å². The molecule has 23 heavy (non-hydrogen) atoms. The molecule has 0 bridgehead atoms. The van der Waals surface area contributed by atoms with E-state index in [-0.39, 0.29) is 18.1 Å². The van der Waals surface area contributed by atoms with Crippen LogP contribution in [-0.4, -0.2) is 46.3 Å². The Morgan fingerprint density at radius 2 is 2.09 bits per heavy atom. The summed E-state index contributed by atoms with van der Waals surface area (Å²) in [7, 11) is 0. The Morgan fingerprint density at radius 1 is 1.43 bits per heavy atom. The number of aryl methyl sites for hydroxylation is 1.